The number of benzene rings is 1. The zero-order valence-electron chi connectivity index (χ0n) is 10.1. The van der Waals surface area contributed by atoms with Gasteiger partial charge in [-0.05, 0) is 24.4 Å². The van der Waals surface area contributed by atoms with E-state index in [1.54, 1.807) is 25.3 Å². The Morgan fingerprint density at radius 2 is 2.16 bits per heavy atom. The summed E-state index contributed by atoms with van der Waals surface area (Å²) in [7, 11) is 1.54. The second-order valence-electron chi connectivity index (χ2n) is 3.60. The average Bonchev–Trinajstić information content (AvgIpc) is 2.40. The van der Waals surface area contributed by atoms with Gasteiger partial charge in [-0.3, -0.25) is 0 Å². The van der Waals surface area contributed by atoms with E-state index in [4.69, 9.17) is 33.7 Å². The Labute approximate surface area is 120 Å². The lowest BCUT2D eigenvalue weighted by Crippen LogP contribution is -1.88. The molecule has 0 atom stereocenters. The van der Waals surface area contributed by atoms with E-state index in [1.165, 1.54) is 12.4 Å². The van der Waals surface area contributed by atoms with Crippen LogP contribution in [0.1, 0.15) is 0 Å². The number of allylic oxidation sites excluding steroid dienone is 1. The standard InChI is InChI=1S/C13H11Cl2N3O/c1-19-10-4-3-8-9(14)7-11(17-6-2-5-16)18-13(8)12(10)15/h2-7H,16H2,1H3/b5-2-,17-6?. The van der Waals surface area contributed by atoms with E-state index in [9.17, 15) is 0 Å². The molecule has 0 aliphatic heterocycles. The van der Waals surface area contributed by atoms with Crippen molar-refractivity contribution >= 4 is 46.1 Å². The first-order valence-electron chi connectivity index (χ1n) is 5.41. The third-order valence-electron chi connectivity index (χ3n) is 2.44. The number of aliphatic imine (C=N–C) groups is 1. The first-order valence-corrected chi connectivity index (χ1v) is 6.16. The molecule has 0 fully saturated rings. The largest absolute Gasteiger partial charge is 0.495 e. The van der Waals surface area contributed by atoms with Crippen LogP contribution in [0.4, 0.5) is 5.82 Å². The number of ether oxygens (including phenoxy) is 1. The first kappa shape index (κ1) is 13.6. The molecule has 0 radical (unpaired) electrons. The Kier molecular flexibility index (Phi) is 4.24. The molecule has 0 saturated carbocycles. The van der Waals surface area contributed by atoms with Crippen molar-refractivity contribution in [3.05, 3.63) is 40.5 Å². The van der Waals surface area contributed by atoms with E-state index in [2.05, 4.69) is 9.98 Å². The zero-order chi connectivity index (χ0) is 13.8. The molecule has 4 nitrogen and oxygen atoms in total. The number of aromatic nitrogens is 1. The summed E-state index contributed by atoms with van der Waals surface area (Å²) in [5.74, 6) is 0.992. The molecule has 1 aromatic carbocycles. The van der Waals surface area contributed by atoms with Gasteiger partial charge < -0.3 is 10.5 Å². The molecule has 2 aromatic rings. The van der Waals surface area contributed by atoms with Crippen molar-refractivity contribution in [1.82, 2.24) is 4.98 Å². The predicted octanol–water partition coefficient (Wildman–Crippen LogP) is 3.72. The molecule has 19 heavy (non-hydrogen) atoms. The fourth-order valence-electron chi connectivity index (χ4n) is 1.58. The van der Waals surface area contributed by atoms with Gasteiger partial charge in [-0.1, -0.05) is 23.2 Å². The Morgan fingerprint density at radius 1 is 1.37 bits per heavy atom. The van der Waals surface area contributed by atoms with Crippen LogP contribution in [-0.2, 0) is 0 Å². The summed E-state index contributed by atoms with van der Waals surface area (Å²) in [5.41, 5.74) is 5.77. The predicted molar refractivity (Wildman–Crippen MR) is 79.8 cm³/mol. The van der Waals surface area contributed by atoms with Gasteiger partial charge in [0.1, 0.15) is 10.8 Å². The SMILES string of the molecule is COc1ccc2c(Cl)cc(N=C/C=C\N)nc2c1Cl. The number of hydrogen-bond donors (Lipinski definition) is 1. The van der Waals surface area contributed by atoms with Crippen LogP contribution in [0.5, 0.6) is 5.75 Å². The summed E-state index contributed by atoms with van der Waals surface area (Å²) in [4.78, 5) is 8.46. The third-order valence-corrected chi connectivity index (χ3v) is 3.12. The van der Waals surface area contributed by atoms with Crippen LogP contribution in [0.3, 0.4) is 0 Å². The molecule has 0 saturated heterocycles. The van der Waals surface area contributed by atoms with Gasteiger partial charge in [0.05, 0.1) is 17.6 Å². The van der Waals surface area contributed by atoms with Gasteiger partial charge in [0, 0.05) is 17.7 Å². The van der Waals surface area contributed by atoms with Gasteiger partial charge in [0.25, 0.3) is 0 Å². The third kappa shape index (κ3) is 2.80. The number of fused-ring (bicyclic) bond motifs is 1. The molecule has 0 aliphatic carbocycles. The number of methoxy groups -OCH3 is 1. The van der Waals surface area contributed by atoms with Gasteiger partial charge in [0.15, 0.2) is 5.82 Å². The van der Waals surface area contributed by atoms with Gasteiger partial charge in [-0.15, -0.1) is 0 Å². The molecule has 0 spiro atoms. The lowest BCUT2D eigenvalue weighted by atomic mass is 10.2. The van der Waals surface area contributed by atoms with Gasteiger partial charge >= 0.3 is 0 Å². The molecule has 6 heteroatoms. The van der Waals surface area contributed by atoms with Crippen LogP contribution in [0.25, 0.3) is 10.9 Å². The monoisotopic (exact) mass is 295 g/mol. The normalized spacial score (nSPS) is 11.7. The second kappa shape index (κ2) is 5.91. The summed E-state index contributed by atoms with van der Waals surface area (Å²) in [6.07, 6.45) is 4.49. The van der Waals surface area contributed by atoms with Gasteiger partial charge in [-0.25, -0.2) is 9.98 Å². The summed E-state index contributed by atoms with van der Waals surface area (Å²) < 4.78 is 5.15. The molecule has 2 rings (SSSR count). The maximum absolute atomic E-state index is 6.21. The minimum absolute atomic E-state index is 0.410. The van der Waals surface area contributed by atoms with Crippen molar-refractivity contribution in [3.63, 3.8) is 0 Å². The highest BCUT2D eigenvalue weighted by molar-refractivity contribution is 6.40. The Hall–Kier alpha value is -1.78. The highest BCUT2D eigenvalue weighted by Gasteiger charge is 2.11. The number of rotatable bonds is 3. The number of nitrogens with two attached hydrogens (primary N) is 1. The number of halogens is 2. The smallest absolute Gasteiger partial charge is 0.154 e. The van der Waals surface area contributed by atoms with E-state index in [1.807, 2.05) is 6.07 Å². The van der Waals surface area contributed by atoms with Gasteiger partial charge in [-0.2, -0.15) is 0 Å². The van der Waals surface area contributed by atoms with Crippen LogP contribution >= 0.6 is 23.2 Å². The van der Waals surface area contributed by atoms with Crippen molar-refractivity contribution in [3.8, 4) is 5.75 Å². The molecule has 1 heterocycles. The minimum atomic E-state index is 0.410. The van der Waals surface area contributed by atoms with E-state index >= 15 is 0 Å². The van der Waals surface area contributed by atoms with E-state index in [-0.39, 0.29) is 0 Å². The maximum Gasteiger partial charge on any atom is 0.154 e. The fraction of sp³-hybridized carbons (Fsp3) is 0.0769. The molecule has 0 amide bonds. The van der Waals surface area contributed by atoms with Crippen molar-refractivity contribution < 1.29 is 4.74 Å². The van der Waals surface area contributed by atoms with Crippen LogP contribution in [-0.4, -0.2) is 18.3 Å². The number of hydrogen-bond acceptors (Lipinski definition) is 4. The summed E-state index contributed by atoms with van der Waals surface area (Å²) in [5, 5.41) is 1.69. The summed E-state index contributed by atoms with van der Waals surface area (Å²) >= 11 is 12.4. The first-order chi connectivity index (χ1) is 9.17. The van der Waals surface area contributed by atoms with E-state index < -0.39 is 0 Å². The molecule has 0 bridgehead atoms. The highest BCUT2D eigenvalue weighted by atomic mass is 35.5. The molecule has 98 valence electrons. The number of pyridine rings is 1. The Morgan fingerprint density at radius 3 is 2.84 bits per heavy atom. The molecule has 0 aliphatic rings. The Bertz CT molecular complexity index is 668. The minimum Gasteiger partial charge on any atom is -0.495 e. The highest BCUT2D eigenvalue weighted by Crippen LogP contribution is 2.36. The Balaban J connectivity index is 2.62. The van der Waals surface area contributed by atoms with Crippen LogP contribution in [0, 0.1) is 0 Å². The second-order valence-corrected chi connectivity index (χ2v) is 4.39. The van der Waals surface area contributed by atoms with Crippen molar-refractivity contribution in [2.24, 2.45) is 10.7 Å². The van der Waals surface area contributed by atoms with Gasteiger partial charge in [0.2, 0.25) is 0 Å². The molecular formula is C13H11Cl2N3O. The average molecular weight is 296 g/mol. The topological polar surface area (TPSA) is 60.5 Å². The van der Waals surface area contributed by atoms with Crippen molar-refractivity contribution in [2.45, 2.75) is 0 Å². The van der Waals surface area contributed by atoms with Crippen molar-refractivity contribution in [1.29, 1.82) is 0 Å². The van der Waals surface area contributed by atoms with Crippen LogP contribution in [0.15, 0.2) is 35.5 Å². The zero-order valence-corrected chi connectivity index (χ0v) is 11.6. The van der Waals surface area contributed by atoms with E-state index in [0.29, 0.717) is 27.1 Å². The molecular weight excluding hydrogens is 285 g/mol. The summed E-state index contributed by atoms with van der Waals surface area (Å²) in [6.45, 7) is 0. The molecule has 0 unspecified atom stereocenters. The quantitative estimate of drug-likeness (QED) is 0.878. The van der Waals surface area contributed by atoms with Crippen LogP contribution < -0.4 is 10.5 Å². The maximum atomic E-state index is 6.21. The van der Waals surface area contributed by atoms with Crippen molar-refractivity contribution in [2.75, 3.05) is 7.11 Å². The van der Waals surface area contributed by atoms with E-state index in [0.717, 1.165) is 5.39 Å². The number of nitrogens with zero attached hydrogens (tertiary/aromatic N) is 2. The molecule has 1 aromatic heterocycles. The van der Waals surface area contributed by atoms with Crippen LogP contribution in [0.2, 0.25) is 10.0 Å². The lowest BCUT2D eigenvalue weighted by molar-refractivity contribution is 0.415. The summed E-state index contributed by atoms with van der Waals surface area (Å²) in [6, 6.07) is 5.22. The fourth-order valence-corrected chi connectivity index (χ4v) is 2.11. The molecule has 2 N–H and O–H groups in total. The lowest BCUT2D eigenvalue weighted by Gasteiger charge is -2.07.